The third-order valence-corrected chi connectivity index (χ3v) is 5.50. The topological polar surface area (TPSA) is 127 Å². The number of aryl methyl sites for hydroxylation is 2. The molecule has 2 aromatic heterocycles. The van der Waals surface area contributed by atoms with Gasteiger partial charge >= 0.3 is 0 Å². The molecule has 0 saturated heterocycles. The minimum absolute atomic E-state index is 0.0961. The molecule has 0 atom stereocenters. The molecule has 8 heteroatoms. The average molecular weight is 438 g/mol. The molecule has 4 rings (SSSR count). The van der Waals surface area contributed by atoms with Crippen LogP contribution in [0.3, 0.4) is 0 Å². The van der Waals surface area contributed by atoms with E-state index in [4.69, 9.17) is 11.0 Å². The Morgan fingerprint density at radius 2 is 1.82 bits per heavy atom. The van der Waals surface area contributed by atoms with Crippen molar-refractivity contribution in [1.82, 2.24) is 14.8 Å². The number of amides is 2. The molecule has 33 heavy (non-hydrogen) atoms. The summed E-state index contributed by atoms with van der Waals surface area (Å²) >= 11 is 0. The summed E-state index contributed by atoms with van der Waals surface area (Å²) in [6.45, 7) is 6.08. The molecule has 0 aliphatic carbocycles. The Kier molecular flexibility index (Phi) is 5.63. The van der Waals surface area contributed by atoms with Crippen molar-refractivity contribution in [2.24, 2.45) is 5.73 Å². The molecule has 8 nitrogen and oxygen atoms in total. The zero-order valence-electron chi connectivity index (χ0n) is 18.5. The number of rotatable bonds is 5. The number of nitrogens with one attached hydrogen (secondary N) is 1. The minimum atomic E-state index is -0.621. The van der Waals surface area contributed by atoms with Crippen LogP contribution in [0.1, 0.15) is 48.9 Å². The van der Waals surface area contributed by atoms with Gasteiger partial charge < -0.3 is 11.1 Å². The number of hydrogen-bond acceptors (Lipinski definition) is 5. The van der Waals surface area contributed by atoms with Gasteiger partial charge in [0.15, 0.2) is 0 Å². The van der Waals surface area contributed by atoms with Crippen molar-refractivity contribution in [3.05, 3.63) is 87.9 Å². The van der Waals surface area contributed by atoms with E-state index in [0.717, 1.165) is 16.8 Å². The van der Waals surface area contributed by atoms with Crippen molar-refractivity contribution in [3.8, 4) is 6.07 Å². The fraction of sp³-hybridized carbons (Fsp3) is 0.160. The van der Waals surface area contributed by atoms with Gasteiger partial charge in [0, 0.05) is 5.39 Å². The lowest BCUT2D eigenvalue weighted by Gasteiger charge is -2.10. The van der Waals surface area contributed by atoms with Crippen LogP contribution in [0.15, 0.2) is 48.5 Å². The highest BCUT2D eigenvalue weighted by atomic mass is 16.2. The lowest BCUT2D eigenvalue weighted by molar-refractivity contribution is 0.100. The average Bonchev–Trinajstić information content (AvgIpc) is 3.05. The number of nitrogens with zero attached hydrogens (tertiary/aromatic N) is 4. The van der Waals surface area contributed by atoms with E-state index in [1.54, 1.807) is 22.9 Å². The van der Waals surface area contributed by atoms with Crippen molar-refractivity contribution in [1.29, 1.82) is 5.26 Å². The summed E-state index contributed by atoms with van der Waals surface area (Å²) in [6, 6.07) is 16.2. The summed E-state index contributed by atoms with van der Waals surface area (Å²) in [5.74, 6) is -1.08. The van der Waals surface area contributed by atoms with Crippen molar-refractivity contribution < 1.29 is 9.59 Å². The van der Waals surface area contributed by atoms with E-state index in [2.05, 4.69) is 21.5 Å². The molecule has 2 aromatic carbocycles. The minimum Gasteiger partial charge on any atom is -0.366 e. The zero-order chi connectivity index (χ0) is 23.7. The second kappa shape index (κ2) is 8.55. The predicted molar refractivity (Wildman–Crippen MR) is 125 cm³/mol. The fourth-order valence-corrected chi connectivity index (χ4v) is 3.73. The van der Waals surface area contributed by atoms with E-state index in [-0.39, 0.29) is 11.3 Å². The third kappa shape index (κ3) is 4.29. The van der Waals surface area contributed by atoms with Gasteiger partial charge in [-0.3, -0.25) is 14.3 Å². The van der Waals surface area contributed by atoms with Gasteiger partial charge in [-0.2, -0.15) is 10.4 Å². The number of anilines is 1. The highest BCUT2D eigenvalue weighted by Crippen LogP contribution is 2.23. The molecule has 0 fully saturated rings. The Hall–Kier alpha value is -4.51. The maximum atomic E-state index is 13.0. The summed E-state index contributed by atoms with van der Waals surface area (Å²) in [5.41, 5.74) is 11.0. The van der Waals surface area contributed by atoms with Crippen LogP contribution >= 0.6 is 0 Å². The van der Waals surface area contributed by atoms with E-state index >= 15 is 0 Å². The molecule has 0 saturated carbocycles. The molecule has 0 aliphatic rings. The van der Waals surface area contributed by atoms with E-state index in [1.807, 2.05) is 45.0 Å². The number of fused-ring (bicyclic) bond motifs is 1. The quantitative estimate of drug-likeness (QED) is 0.492. The number of primary amides is 1. The molecule has 0 radical (unpaired) electrons. The van der Waals surface area contributed by atoms with Gasteiger partial charge in [-0.15, -0.1) is 0 Å². The summed E-state index contributed by atoms with van der Waals surface area (Å²) in [7, 11) is 0. The van der Waals surface area contributed by atoms with Gasteiger partial charge in [0.2, 0.25) is 5.91 Å². The van der Waals surface area contributed by atoms with Crippen LogP contribution in [-0.2, 0) is 6.54 Å². The highest BCUT2D eigenvalue weighted by Gasteiger charge is 2.19. The first kappa shape index (κ1) is 21.7. The number of nitriles is 1. The lowest BCUT2D eigenvalue weighted by atomic mass is 10.0. The summed E-state index contributed by atoms with van der Waals surface area (Å²) in [5, 5.41) is 17.0. The van der Waals surface area contributed by atoms with Gasteiger partial charge in [-0.1, -0.05) is 23.8 Å². The van der Waals surface area contributed by atoms with Gasteiger partial charge in [0.1, 0.15) is 5.69 Å². The molecule has 0 bridgehead atoms. The second-order valence-electron chi connectivity index (χ2n) is 7.91. The van der Waals surface area contributed by atoms with Crippen LogP contribution in [0.4, 0.5) is 5.69 Å². The van der Waals surface area contributed by atoms with Crippen LogP contribution in [0.25, 0.3) is 10.9 Å². The highest BCUT2D eigenvalue weighted by molar-refractivity contribution is 6.10. The number of pyridine rings is 1. The smallest absolute Gasteiger partial charge is 0.274 e. The Morgan fingerprint density at radius 3 is 2.48 bits per heavy atom. The molecule has 4 aromatic rings. The largest absolute Gasteiger partial charge is 0.366 e. The van der Waals surface area contributed by atoms with Crippen LogP contribution in [0.5, 0.6) is 0 Å². The first-order valence-corrected chi connectivity index (χ1v) is 10.3. The van der Waals surface area contributed by atoms with Crippen LogP contribution in [0.2, 0.25) is 0 Å². The van der Waals surface area contributed by atoms with Crippen LogP contribution < -0.4 is 11.1 Å². The normalized spacial score (nSPS) is 10.7. The van der Waals surface area contributed by atoms with Crippen molar-refractivity contribution in [3.63, 3.8) is 0 Å². The van der Waals surface area contributed by atoms with Crippen LogP contribution in [0, 0.1) is 32.1 Å². The van der Waals surface area contributed by atoms with Crippen molar-refractivity contribution in [2.45, 2.75) is 27.3 Å². The standard InChI is InChI=1S/C25H22N6O2/c1-14-4-9-21-19(10-14)20(24(27)32)11-22(28-21)25(33)29-23-15(2)30-31(16(23)3)13-18-7-5-17(12-26)6-8-18/h4-11H,13H2,1-3H3,(H2,27,32)(H,29,33). The molecule has 0 unspecified atom stereocenters. The number of aromatic nitrogens is 3. The Balaban J connectivity index is 1.63. The number of nitrogens with two attached hydrogens (primary N) is 1. The predicted octanol–water partition coefficient (Wildman–Crippen LogP) is 3.63. The number of benzene rings is 2. The number of hydrogen-bond donors (Lipinski definition) is 2. The first-order chi connectivity index (χ1) is 15.8. The van der Waals surface area contributed by atoms with Gasteiger partial charge in [0.05, 0.1) is 46.3 Å². The van der Waals surface area contributed by atoms with E-state index in [9.17, 15) is 9.59 Å². The van der Waals surface area contributed by atoms with Gasteiger partial charge in [0.25, 0.3) is 5.91 Å². The SMILES string of the molecule is Cc1ccc2nc(C(=O)Nc3c(C)nn(Cc4ccc(C#N)cc4)c3C)cc(C(N)=O)c2c1. The molecular formula is C25H22N6O2. The third-order valence-electron chi connectivity index (χ3n) is 5.50. The first-order valence-electron chi connectivity index (χ1n) is 10.3. The molecule has 164 valence electrons. The Bertz CT molecular complexity index is 1440. The maximum Gasteiger partial charge on any atom is 0.274 e. The van der Waals surface area contributed by atoms with Gasteiger partial charge in [-0.25, -0.2) is 4.98 Å². The molecule has 0 aliphatic heterocycles. The summed E-state index contributed by atoms with van der Waals surface area (Å²) in [4.78, 5) is 29.5. The van der Waals surface area contributed by atoms with E-state index in [0.29, 0.717) is 34.4 Å². The summed E-state index contributed by atoms with van der Waals surface area (Å²) in [6.07, 6.45) is 0. The lowest BCUT2D eigenvalue weighted by Crippen LogP contribution is -2.18. The van der Waals surface area contributed by atoms with Crippen molar-refractivity contribution >= 4 is 28.4 Å². The Morgan fingerprint density at radius 1 is 1.09 bits per heavy atom. The van der Waals surface area contributed by atoms with E-state index in [1.165, 1.54) is 6.07 Å². The van der Waals surface area contributed by atoms with E-state index < -0.39 is 11.8 Å². The zero-order valence-corrected chi connectivity index (χ0v) is 18.5. The fourth-order valence-electron chi connectivity index (χ4n) is 3.73. The Labute approximate surface area is 190 Å². The van der Waals surface area contributed by atoms with Gasteiger partial charge in [-0.05, 0) is 56.7 Å². The van der Waals surface area contributed by atoms with Crippen molar-refractivity contribution in [2.75, 3.05) is 5.32 Å². The van der Waals surface area contributed by atoms with Crippen LogP contribution in [-0.4, -0.2) is 26.6 Å². The molecule has 3 N–H and O–H groups in total. The summed E-state index contributed by atoms with van der Waals surface area (Å²) < 4.78 is 1.79. The maximum absolute atomic E-state index is 13.0. The number of carbonyl (C=O) groups excluding carboxylic acids is 2. The molecule has 0 spiro atoms. The molecule has 2 amide bonds. The number of carbonyl (C=O) groups is 2. The second-order valence-corrected chi connectivity index (χ2v) is 7.91. The molecular weight excluding hydrogens is 416 g/mol. The molecule has 2 heterocycles. The monoisotopic (exact) mass is 438 g/mol.